The van der Waals surface area contributed by atoms with Gasteiger partial charge in [-0.05, 0) is 45.6 Å². The smallest absolute Gasteiger partial charge is 0.331 e. The monoisotopic (exact) mass is 432 g/mol. The molecule has 0 bridgehead atoms. The van der Waals surface area contributed by atoms with Gasteiger partial charge in [-0.25, -0.2) is 9.59 Å². The zero-order valence-corrected chi connectivity index (χ0v) is 14.5. The number of thiophene rings is 1. The summed E-state index contributed by atoms with van der Waals surface area (Å²) in [4.78, 5) is 23.8. The van der Waals surface area contributed by atoms with Crippen LogP contribution in [0.25, 0.3) is 0 Å². The maximum absolute atomic E-state index is 11.9. The highest BCUT2D eigenvalue weighted by atomic mass is 79.9. The Morgan fingerprint density at radius 1 is 1.24 bits per heavy atom. The predicted molar refractivity (Wildman–Crippen MR) is 88.7 cm³/mol. The number of anilines is 1. The molecule has 8 heteroatoms. The summed E-state index contributed by atoms with van der Waals surface area (Å²) in [5.74, 6) is -1.11. The van der Waals surface area contributed by atoms with E-state index in [4.69, 9.17) is 0 Å². The molecule has 1 aromatic carbocycles. The molecule has 0 aliphatic carbocycles. The van der Waals surface area contributed by atoms with E-state index in [2.05, 4.69) is 42.5 Å². The number of amides is 2. The predicted octanol–water partition coefficient (Wildman–Crippen LogP) is 4.22. The molecule has 1 heterocycles. The molecule has 110 valence electrons. The molecule has 1 atom stereocenters. The van der Waals surface area contributed by atoms with Crippen molar-refractivity contribution in [1.82, 2.24) is 5.32 Å². The van der Waals surface area contributed by atoms with Crippen molar-refractivity contribution in [2.24, 2.45) is 0 Å². The van der Waals surface area contributed by atoms with Crippen LogP contribution in [0.4, 0.5) is 10.5 Å². The highest BCUT2D eigenvalue weighted by molar-refractivity contribution is 9.11. The van der Waals surface area contributed by atoms with Crippen LogP contribution >= 0.6 is 43.2 Å². The van der Waals surface area contributed by atoms with Crippen molar-refractivity contribution < 1.29 is 14.7 Å². The third-order valence-electron chi connectivity index (χ3n) is 2.53. The van der Waals surface area contributed by atoms with Gasteiger partial charge >= 0.3 is 12.0 Å². The molecular weight excluding hydrogens is 424 g/mol. The van der Waals surface area contributed by atoms with Gasteiger partial charge in [0.1, 0.15) is 0 Å². The lowest BCUT2D eigenvalue weighted by Gasteiger charge is -2.14. The van der Waals surface area contributed by atoms with Crippen molar-refractivity contribution in [3.05, 3.63) is 49.5 Å². The van der Waals surface area contributed by atoms with Crippen molar-refractivity contribution in [2.45, 2.75) is 6.04 Å². The third kappa shape index (κ3) is 4.29. The summed E-state index contributed by atoms with van der Waals surface area (Å²) in [6.07, 6.45) is 0. The molecule has 2 aromatic rings. The number of benzene rings is 1. The molecule has 0 saturated carbocycles. The zero-order valence-electron chi connectivity index (χ0n) is 10.5. The second-order valence-electron chi connectivity index (χ2n) is 4.01. The molecule has 0 fully saturated rings. The Hall–Kier alpha value is -1.38. The number of hydrogen-bond donors (Lipinski definition) is 3. The minimum Gasteiger partial charge on any atom is -0.479 e. The van der Waals surface area contributed by atoms with Gasteiger partial charge in [-0.3, -0.25) is 0 Å². The third-order valence-corrected chi connectivity index (χ3v) is 4.62. The Labute approximate surface area is 141 Å². The normalized spacial score (nSPS) is 11.7. The molecule has 21 heavy (non-hydrogen) atoms. The van der Waals surface area contributed by atoms with E-state index in [0.717, 1.165) is 4.47 Å². The van der Waals surface area contributed by atoms with Gasteiger partial charge in [-0.2, -0.15) is 0 Å². The maximum atomic E-state index is 11.9. The van der Waals surface area contributed by atoms with Gasteiger partial charge in [0.25, 0.3) is 0 Å². The second kappa shape index (κ2) is 7.06. The Kier molecular flexibility index (Phi) is 5.38. The average molecular weight is 434 g/mol. The average Bonchev–Trinajstić information content (AvgIpc) is 2.92. The molecule has 2 amide bonds. The van der Waals surface area contributed by atoms with Crippen LogP contribution in [-0.4, -0.2) is 17.1 Å². The fraction of sp³-hybridized carbons (Fsp3) is 0.0769. The van der Waals surface area contributed by atoms with Crippen LogP contribution in [0.2, 0.25) is 0 Å². The molecule has 0 radical (unpaired) electrons. The first kappa shape index (κ1) is 16.0. The minimum absolute atomic E-state index is 0.547. The van der Waals surface area contributed by atoms with Gasteiger partial charge in [0, 0.05) is 13.8 Å². The zero-order chi connectivity index (χ0) is 15.4. The molecule has 1 unspecified atom stereocenters. The van der Waals surface area contributed by atoms with Crippen LogP contribution < -0.4 is 10.6 Å². The number of carboxylic acids is 1. The van der Waals surface area contributed by atoms with Gasteiger partial charge in [0.2, 0.25) is 0 Å². The SMILES string of the molecule is O=C(Nc1ccc(Br)cc1Br)NC(C(=O)O)c1cccs1. The van der Waals surface area contributed by atoms with Crippen molar-refractivity contribution in [1.29, 1.82) is 0 Å². The first-order valence-electron chi connectivity index (χ1n) is 5.76. The van der Waals surface area contributed by atoms with Crippen molar-refractivity contribution in [2.75, 3.05) is 5.32 Å². The lowest BCUT2D eigenvalue weighted by molar-refractivity contribution is -0.139. The summed E-state index contributed by atoms with van der Waals surface area (Å²) in [6.45, 7) is 0. The highest BCUT2D eigenvalue weighted by Gasteiger charge is 2.23. The van der Waals surface area contributed by atoms with Crippen LogP contribution in [0.5, 0.6) is 0 Å². The molecule has 0 saturated heterocycles. The lowest BCUT2D eigenvalue weighted by atomic mass is 10.2. The largest absolute Gasteiger partial charge is 0.479 e. The Morgan fingerprint density at radius 3 is 2.57 bits per heavy atom. The molecule has 3 N–H and O–H groups in total. The topological polar surface area (TPSA) is 78.4 Å². The first-order valence-corrected chi connectivity index (χ1v) is 8.22. The molecule has 2 rings (SSSR count). The fourth-order valence-electron chi connectivity index (χ4n) is 1.59. The number of carbonyl (C=O) groups is 2. The van der Waals surface area contributed by atoms with Gasteiger partial charge in [0.05, 0.1) is 5.69 Å². The van der Waals surface area contributed by atoms with Gasteiger partial charge in [-0.15, -0.1) is 11.3 Å². The summed E-state index contributed by atoms with van der Waals surface area (Å²) in [7, 11) is 0. The number of hydrogen-bond acceptors (Lipinski definition) is 3. The summed E-state index contributed by atoms with van der Waals surface area (Å²) >= 11 is 7.91. The van der Waals surface area contributed by atoms with Crippen LogP contribution in [0.15, 0.2) is 44.7 Å². The van der Waals surface area contributed by atoms with Crippen LogP contribution in [0.3, 0.4) is 0 Å². The fourth-order valence-corrected chi connectivity index (χ4v) is 3.50. The van der Waals surface area contributed by atoms with E-state index in [-0.39, 0.29) is 0 Å². The first-order chi connectivity index (χ1) is 9.97. The lowest BCUT2D eigenvalue weighted by Crippen LogP contribution is -2.36. The number of aliphatic carboxylic acids is 1. The van der Waals surface area contributed by atoms with Crippen LogP contribution in [-0.2, 0) is 4.79 Å². The van der Waals surface area contributed by atoms with Gasteiger partial charge in [-0.1, -0.05) is 22.0 Å². The highest BCUT2D eigenvalue weighted by Crippen LogP contribution is 2.26. The number of halogens is 2. The van der Waals surface area contributed by atoms with E-state index >= 15 is 0 Å². The Bertz CT molecular complexity index is 661. The number of urea groups is 1. The minimum atomic E-state index is -1.11. The summed E-state index contributed by atoms with van der Waals surface area (Å²) in [5.41, 5.74) is 0.547. The molecule has 1 aromatic heterocycles. The van der Waals surface area contributed by atoms with Gasteiger partial charge in [0.15, 0.2) is 6.04 Å². The second-order valence-corrected chi connectivity index (χ2v) is 6.76. The Balaban J connectivity index is 2.08. The maximum Gasteiger partial charge on any atom is 0.331 e. The van der Waals surface area contributed by atoms with Gasteiger partial charge < -0.3 is 15.7 Å². The summed E-state index contributed by atoms with van der Waals surface area (Å²) in [5, 5.41) is 16.0. The summed E-state index contributed by atoms with van der Waals surface area (Å²) < 4.78 is 1.55. The van der Waals surface area contributed by atoms with E-state index in [0.29, 0.717) is 15.0 Å². The van der Waals surface area contributed by atoms with E-state index in [1.54, 1.807) is 35.7 Å². The van der Waals surface area contributed by atoms with E-state index in [9.17, 15) is 14.7 Å². The van der Waals surface area contributed by atoms with E-state index in [1.165, 1.54) is 11.3 Å². The van der Waals surface area contributed by atoms with Crippen molar-refractivity contribution in [3.63, 3.8) is 0 Å². The van der Waals surface area contributed by atoms with Crippen LogP contribution in [0.1, 0.15) is 10.9 Å². The quantitative estimate of drug-likeness (QED) is 0.675. The number of carboxylic acid groups (broad SMARTS) is 1. The standard InChI is InChI=1S/C13H10Br2N2O3S/c14-7-3-4-9(8(15)6-7)16-13(20)17-11(12(18)19)10-2-1-5-21-10/h1-6,11H,(H,18,19)(H2,16,17,20). The van der Waals surface area contributed by atoms with Crippen LogP contribution in [0, 0.1) is 0 Å². The Morgan fingerprint density at radius 2 is 2.00 bits per heavy atom. The molecule has 0 aliphatic rings. The number of nitrogens with one attached hydrogen (secondary N) is 2. The molecule has 0 spiro atoms. The van der Waals surface area contributed by atoms with Crippen molar-refractivity contribution in [3.8, 4) is 0 Å². The molecule has 0 aliphatic heterocycles. The van der Waals surface area contributed by atoms with E-state index in [1.807, 2.05) is 0 Å². The van der Waals surface area contributed by atoms with E-state index < -0.39 is 18.0 Å². The number of rotatable bonds is 4. The number of carbonyl (C=O) groups excluding carboxylic acids is 1. The molecule has 5 nitrogen and oxygen atoms in total. The summed E-state index contributed by atoms with van der Waals surface area (Å²) in [6, 6.07) is 7.00. The molecular formula is C13H10Br2N2O3S. The van der Waals surface area contributed by atoms with Crippen molar-refractivity contribution >= 4 is 60.9 Å².